The summed E-state index contributed by atoms with van der Waals surface area (Å²) in [6, 6.07) is 13.6. The second-order valence-corrected chi connectivity index (χ2v) is 6.02. The molecule has 122 valence electrons. The van der Waals surface area contributed by atoms with E-state index < -0.39 is 17.8 Å². The number of rotatable bonds is 5. The largest absolute Gasteiger partial charge is 0.464 e. The number of thioether (sulfide) groups is 1. The van der Waals surface area contributed by atoms with Crippen LogP contribution in [0.5, 0.6) is 0 Å². The minimum atomic E-state index is -0.656. The lowest BCUT2D eigenvalue weighted by molar-refractivity contribution is -0.146. The molecule has 0 amide bonds. The lowest BCUT2D eigenvalue weighted by Crippen LogP contribution is -2.34. The SMILES string of the molecule is CSC1=C(C#N)[C@H](c2ccccc2)C(C(=O)OCCC#N)C(C)=N1. The number of esters is 1. The van der Waals surface area contributed by atoms with E-state index >= 15 is 0 Å². The normalized spacial score (nSPS) is 19.9. The number of ether oxygens (including phenoxy) is 1. The van der Waals surface area contributed by atoms with Crippen LogP contribution in [0.25, 0.3) is 0 Å². The van der Waals surface area contributed by atoms with E-state index in [1.165, 1.54) is 11.8 Å². The van der Waals surface area contributed by atoms with Gasteiger partial charge in [-0.25, -0.2) is 4.99 Å². The topological polar surface area (TPSA) is 86.2 Å². The van der Waals surface area contributed by atoms with Crippen LogP contribution in [0.1, 0.15) is 24.8 Å². The highest BCUT2D eigenvalue weighted by atomic mass is 32.2. The van der Waals surface area contributed by atoms with Crippen molar-refractivity contribution in [3.63, 3.8) is 0 Å². The number of aliphatic imine (C=N–C) groups is 1. The van der Waals surface area contributed by atoms with Crippen LogP contribution >= 0.6 is 11.8 Å². The van der Waals surface area contributed by atoms with Crippen LogP contribution in [-0.2, 0) is 9.53 Å². The molecule has 2 rings (SSSR count). The van der Waals surface area contributed by atoms with E-state index in [9.17, 15) is 10.1 Å². The van der Waals surface area contributed by atoms with Crippen LogP contribution in [0.4, 0.5) is 0 Å². The Hall–Kier alpha value is -2.57. The van der Waals surface area contributed by atoms with Crippen molar-refractivity contribution < 1.29 is 9.53 Å². The van der Waals surface area contributed by atoms with Crippen molar-refractivity contribution in [2.24, 2.45) is 10.9 Å². The molecule has 0 fully saturated rings. The number of nitriles is 2. The molecule has 0 saturated carbocycles. The summed E-state index contributed by atoms with van der Waals surface area (Å²) in [5.74, 6) is -1.53. The molecular formula is C18H17N3O2S. The molecule has 0 radical (unpaired) electrons. The van der Waals surface area contributed by atoms with Crippen molar-refractivity contribution in [2.75, 3.05) is 12.9 Å². The fourth-order valence-corrected chi connectivity index (χ4v) is 3.34. The molecule has 1 aromatic carbocycles. The van der Waals surface area contributed by atoms with Crippen molar-refractivity contribution >= 4 is 23.4 Å². The molecule has 0 N–H and O–H groups in total. The number of hydrogen-bond acceptors (Lipinski definition) is 6. The van der Waals surface area contributed by atoms with Gasteiger partial charge < -0.3 is 4.74 Å². The summed E-state index contributed by atoms with van der Waals surface area (Å²) in [6.07, 6.45) is 2.00. The van der Waals surface area contributed by atoms with Gasteiger partial charge in [0.25, 0.3) is 0 Å². The fraction of sp³-hybridized carbons (Fsp3) is 0.333. The monoisotopic (exact) mass is 339 g/mol. The van der Waals surface area contributed by atoms with Crippen LogP contribution in [-0.4, -0.2) is 24.5 Å². The molecule has 0 aliphatic carbocycles. The first-order valence-corrected chi connectivity index (χ1v) is 8.68. The van der Waals surface area contributed by atoms with Gasteiger partial charge in [-0.3, -0.25) is 4.79 Å². The molecule has 1 aromatic rings. The molecule has 1 heterocycles. The summed E-state index contributed by atoms with van der Waals surface area (Å²) >= 11 is 1.39. The van der Waals surface area contributed by atoms with Crippen molar-refractivity contribution in [1.82, 2.24) is 0 Å². The second kappa shape index (κ2) is 8.33. The van der Waals surface area contributed by atoms with Gasteiger partial charge in [-0.1, -0.05) is 30.3 Å². The van der Waals surface area contributed by atoms with Gasteiger partial charge in [0.2, 0.25) is 0 Å². The number of carbonyl (C=O) groups excluding carboxylic acids is 1. The fourth-order valence-electron chi connectivity index (χ4n) is 2.72. The minimum Gasteiger partial charge on any atom is -0.464 e. The lowest BCUT2D eigenvalue weighted by atomic mass is 9.77. The van der Waals surface area contributed by atoms with Gasteiger partial charge in [0.05, 0.1) is 24.1 Å². The molecule has 0 spiro atoms. The van der Waals surface area contributed by atoms with Crippen molar-refractivity contribution in [1.29, 1.82) is 10.5 Å². The van der Waals surface area contributed by atoms with Gasteiger partial charge in [-0.05, 0) is 18.7 Å². The number of nitrogens with zero attached hydrogens (tertiary/aromatic N) is 3. The van der Waals surface area contributed by atoms with Crippen LogP contribution in [0.3, 0.4) is 0 Å². The van der Waals surface area contributed by atoms with Gasteiger partial charge in [0.1, 0.15) is 17.6 Å². The third-order valence-corrected chi connectivity index (χ3v) is 4.49. The standard InChI is InChI=1S/C18H17N3O2S/c1-12-15(18(22)23-10-6-9-19)16(13-7-4-3-5-8-13)14(11-20)17(21-12)24-2/h3-5,7-8,15-16H,6,10H2,1-2H3/t15?,16-/m0/s1. The van der Waals surface area contributed by atoms with E-state index in [0.717, 1.165) is 5.56 Å². The van der Waals surface area contributed by atoms with Crippen LogP contribution in [0.15, 0.2) is 45.9 Å². The quantitative estimate of drug-likeness (QED) is 0.606. The van der Waals surface area contributed by atoms with Crippen molar-refractivity contribution in [2.45, 2.75) is 19.3 Å². The average Bonchev–Trinajstić information content (AvgIpc) is 2.61. The highest BCUT2D eigenvalue weighted by Gasteiger charge is 2.40. The van der Waals surface area contributed by atoms with Crippen LogP contribution < -0.4 is 0 Å². The summed E-state index contributed by atoms with van der Waals surface area (Å²) < 4.78 is 5.22. The maximum absolute atomic E-state index is 12.6. The molecule has 0 saturated heterocycles. The first-order chi connectivity index (χ1) is 11.6. The highest BCUT2D eigenvalue weighted by Crippen LogP contribution is 2.41. The maximum atomic E-state index is 12.6. The zero-order chi connectivity index (χ0) is 17.5. The van der Waals surface area contributed by atoms with E-state index in [0.29, 0.717) is 16.3 Å². The Labute approximate surface area is 145 Å². The number of hydrogen-bond donors (Lipinski definition) is 0. The highest BCUT2D eigenvalue weighted by molar-refractivity contribution is 8.02. The zero-order valence-corrected chi connectivity index (χ0v) is 14.3. The first kappa shape index (κ1) is 17.8. The smallest absolute Gasteiger partial charge is 0.315 e. The zero-order valence-electron chi connectivity index (χ0n) is 13.5. The molecule has 2 atom stereocenters. The third kappa shape index (κ3) is 3.67. The van der Waals surface area contributed by atoms with Gasteiger partial charge in [0.15, 0.2) is 0 Å². The van der Waals surface area contributed by atoms with Gasteiger partial charge in [0, 0.05) is 11.6 Å². The van der Waals surface area contributed by atoms with E-state index in [4.69, 9.17) is 10.00 Å². The Kier molecular flexibility index (Phi) is 6.17. The van der Waals surface area contributed by atoms with Gasteiger partial charge in [-0.15, -0.1) is 11.8 Å². The Balaban J connectivity index is 2.46. The molecule has 6 heteroatoms. The second-order valence-electron chi connectivity index (χ2n) is 5.23. The van der Waals surface area contributed by atoms with E-state index in [-0.39, 0.29) is 13.0 Å². The summed E-state index contributed by atoms with van der Waals surface area (Å²) in [5, 5.41) is 18.9. The predicted octanol–water partition coefficient (Wildman–Crippen LogP) is 3.42. The van der Waals surface area contributed by atoms with Crippen molar-refractivity contribution in [3.8, 4) is 12.1 Å². The van der Waals surface area contributed by atoms with Crippen molar-refractivity contribution in [3.05, 3.63) is 46.5 Å². The van der Waals surface area contributed by atoms with E-state index in [2.05, 4.69) is 11.1 Å². The molecule has 24 heavy (non-hydrogen) atoms. The molecule has 1 aliphatic heterocycles. The van der Waals surface area contributed by atoms with Crippen LogP contribution in [0, 0.1) is 28.6 Å². The Morgan fingerprint density at radius 1 is 1.33 bits per heavy atom. The molecular weight excluding hydrogens is 322 g/mol. The molecule has 0 bridgehead atoms. The van der Waals surface area contributed by atoms with E-state index in [1.807, 2.05) is 42.7 Å². The number of carbonyl (C=O) groups is 1. The lowest BCUT2D eigenvalue weighted by Gasteiger charge is -2.30. The average molecular weight is 339 g/mol. The molecule has 5 nitrogen and oxygen atoms in total. The Bertz CT molecular complexity index is 757. The first-order valence-electron chi connectivity index (χ1n) is 7.46. The van der Waals surface area contributed by atoms with E-state index in [1.54, 1.807) is 6.92 Å². The predicted molar refractivity (Wildman–Crippen MR) is 93.1 cm³/mol. The van der Waals surface area contributed by atoms with Gasteiger partial charge >= 0.3 is 5.97 Å². The summed E-state index contributed by atoms with van der Waals surface area (Å²) in [6.45, 7) is 1.82. The molecule has 1 unspecified atom stereocenters. The molecule has 1 aliphatic rings. The van der Waals surface area contributed by atoms with Crippen LogP contribution in [0.2, 0.25) is 0 Å². The minimum absolute atomic E-state index is 0.0433. The molecule has 0 aromatic heterocycles. The Morgan fingerprint density at radius 3 is 2.62 bits per heavy atom. The van der Waals surface area contributed by atoms with Gasteiger partial charge in [-0.2, -0.15) is 10.5 Å². The summed E-state index contributed by atoms with van der Waals surface area (Å²) in [5.41, 5.74) is 1.97. The number of benzene rings is 1. The maximum Gasteiger partial charge on any atom is 0.315 e. The summed E-state index contributed by atoms with van der Waals surface area (Å²) in [4.78, 5) is 17.0. The number of allylic oxidation sites excluding steroid dienone is 1. The third-order valence-electron chi connectivity index (χ3n) is 3.79. The summed E-state index contributed by atoms with van der Waals surface area (Å²) in [7, 11) is 0. The Morgan fingerprint density at radius 2 is 2.04 bits per heavy atom.